The Labute approximate surface area is 118 Å². The zero-order chi connectivity index (χ0) is 14.6. The summed E-state index contributed by atoms with van der Waals surface area (Å²) in [6.45, 7) is 6.77. The first-order chi connectivity index (χ1) is 9.46. The average molecular weight is 272 g/mol. The minimum atomic E-state index is -0.108. The molecular formula is C14H20N6. The van der Waals surface area contributed by atoms with Gasteiger partial charge in [0.2, 0.25) is 0 Å². The van der Waals surface area contributed by atoms with Crippen molar-refractivity contribution in [3.05, 3.63) is 36.4 Å². The van der Waals surface area contributed by atoms with Crippen LogP contribution < -0.4 is 16.4 Å². The third-order valence-electron chi connectivity index (χ3n) is 2.56. The highest BCUT2D eigenvalue weighted by atomic mass is 15.1. The van der Waals surface area contributed by atoms with E-state index in [2.05, 4.69) is 46.4 Å². The summed E-state index contributed by atoms with van der Waals surface area (Å²) in [5.74, 6) is 1.26. The van der Waals surface area contributed by atoms with E-state index in [0.717, 1.165) is 5.56 Å². The molecule has 106 valence electrons. The summed E-state index contributed by atoms with van der Waals surface area (Å²) >= 11 is 0. The fourth-order valence-electron chi connectivity index (χ4n) is 1.68. The number of anilines is 3. The van der Waals surface area contributed by atoms with Gasteiger partial charge >= 0.3 is 0 Å². The largest absolute Gasteiger partial charge is 0.393 e. The number of pyridine rings is 1. The molecule has 0 aromatic carbocycles. The van der Waals surface area contributed by atoms with Crippen molar-refractivity contribution in [2.24, 2.45) is 0 Å². The molecule has 2 aromatic heterocycles. The predicted molar refractivity (Wildman–Crippen MR) is 81.4 cm³/mol. The van der Waals surface area contributed by atoms with Crippen molar-refractivity contribution in [3.63, 3.8) is 0 Å². The van der Waals surface area contributed by atoms with Crippen LogP contribution in [0.1, 0.15) is 26.3 Å². The number of hydrogen-bond acceptors (Lipinski definition) is 6. The minimum Gasteiger partial charge on any atom is -0.393 e. The van der Waals surface area contributed by atoms with Crippen molar-refractivity contribution in [3.8, 4) is 0 Å². The lowest BCUT2D eigenvalue weighted by Gasteiger charge is -2.22. The Bertz CT molecular complexity index is 562. The summed E-state index contributed by atoms with van der Waals surface area (Å²) in [6.07, 6.45) is 5.04. The molecule has 4 N–H and O–H groups in total. The van der Waals surface area contributed by atoms with E-state index < -0.39 is 0 Å². The van der Waals surface area contributed by atoms with Gasteiger partial charge in [0.15, 0.2) is 11.6 Å². The van der Waals surface area contributed by atoms with E-state index in [4.69, 9.17) is 5.73 Å². The number of nitrogen functional groups attached to an aromatic ring is 1. The van der Waals surface area contributed by atoms with Gasteiger partial charge in [0, 0.05) is 24.5 Å². The van der Waals surface area contributed by atoms with E-state index in [1.165, 1.54) is 6.33 Å². The minimum absolute atomic E-state index is 0.108. The van der Waals surface area contributed by atoms with Crippen molar-refractivity contribution in [2.45, 2.75) is 32.9 Å². The Hall–Kier alpha value is -2.37. The molecule has 0 fully saturated rings. The molecule has 0 amide bonds. The molecule has 0 saturated heterocycles. The summed E-state index contributed by atoms with van der Waals surface area (Å²) < 4.78 is 0. The second-order valence-corrected chi connectivity index (χ2v) is 5.57. The number of aromatic nitrogens is 3. The first-order valence-electron chi connectivity index (χ1n) is 6.47. The summed E-state index contributed by atoms with van der Waals surface area (Å²) in [5.41, 5.74) is 7.57. The summed E-state index contributed by atoms with van der Waals surface area (Å²) in [5, 5.41) is 6.46. The quantitative estimate of drug-likeness (QED) is 0.791. The molecule has 0 aliphatic heterocycles. The van der Waals surface area contributed by atoms with Gasteiger partial charge in [-0.15, -0.1) is 0 Å². The van der Waals surface area contributed by atoms with Crippen molar-refractivity contribution < 1.29 is 0 Å². The summed E-state index contributed by atoms with van der Waals surface area (Å²) in [7, 11) is 0. The fraction of sp³-hybridized carbons (Fsp3) is 0.357. The van der Waals surface area contributed by atoms with Gasteiger partial charge in [0.05, 0.1) is 0 Å². The van der Waals surface area contributed by atoms with Gasteiger partial charge in [-0.05, 0) is 32.4 Å². The van der Waals surface area contributed by atoms with Crippen molar-refractivity contribution in [1.82, 2.24) is 15.0 Å². The number of hydrogen-bond donors (Lipinski definition) is 3. The van der Waals surface area contributed by atoms with Crippen LogP contribution in [-0.2, 0) is 6.54 Å². The molecule has 0 unspecified atom stereocenters. The van der Waals surface area contributed by atoms with E-state index in [9.17, 15) is 0 Å². The van der Waals surface area contributed by atoms with E-state index in [0.29, 0.717) is 23.9 Å². The molecule has 2 aromatic rings. The molecule has 6 nitrogen and oxygen atoms in total. The SMILES string of the molecule is CC(C)(C)Nc1ncnc(NCc2cccnc2)c1N. The third kappa shape index (κ3) is 3.81. The molecule has 0 saturated carbocycles. The van der Waals surface area contributed by atoms with Gasteiger partial charge in [0.1, 0.15) is 12.0 Å². The molecule has 6 heteroatoms. The zero-order valence-corrected chi connectivity index (χ0v) is 12.0. The predicted octanol–water partition coefficient (Wildman–Crippen LogP) is 2.28. The first kappa shape index (κ1) is 14.0. The first-order valence-corrected chi connectivity index (χ1v) is 6.47. The number of nitrogens with zero attached hydrogens (tertiary/aromatic N) is 3. The van der Waals surface area contributed by atoms with E-state index in [-0.39, 0.29) is 5.54 Å². The Kier molecular flexibility index (Phi) is 4.02. The highest BCUT2D eigenvalue weighted by Gasteiger charge is 2.14. The maximum absolute atomic E-state index is 6.09. The Morgan fingerprint density at radius 2 is 1.95 bits per heavy atom. The van der Waals surface area contributed by atoms with E-state index in [1.54, 1.807) is 12.4 Å². The lowest BCUT2D eigenvalue weighted by molar-refractivity contribution is 0.630. The highest BCUT2D eigenvalue weighted by Crippen LogP contribution is 2.25. The Morgan fingerprint density at radius 1 is 1.20 bits per heavy atom. The number of rotatable bonds is 4. The van der Waals surface area contributed by atoms with Crippen molar-refractivity contribution in [2.75, 3.05) is 16.4 Å². The van der Waals surface area contributed by atoms with Crippen molar-refractivity contribution >= 4 is 17.3 Å². The maximum Gasteiger partial charge on any atom is 0.155 e. The van der Waals surface area contributed by atoms with Crippen LogP contribution in [-0.4, -0.2) is 20.5 Å². The van der Waals surface area contributed by atoms with Gasteiger partial charge < -0.3 is 16.4 Å². The van der Waals surface area contributed by atoms with Gasteiger partial charge in [-0.25, -0.2) is 9.97 Å². The molecule has 0 aliphatic carbocycles. The molecule has 0 spiro atoms. The van der Waals surface area contributed by atoms with E-state index >= 15 is 0 Å². The van der Waals surface area contributed by atoms with Crippen LogP contribution in [0.15, 0.2) is 30.9 Å². The molecule has 0 atom stereocenters. The second kappa shape index (κ2) is 5.73. The van der Waals surface area contributed by atoms with Crippen LogP contribution >= 0.6 is 0 Å². The Balaban J connectivity index is 2.11. The van der Waals surface area contributed by atoms with Crippen LogP contribution in [0.3, 0.4) is 0 Å². The molecule has 20 heavy (non-hydrogen) atoms. The standard InChI is InChI=1S/C14H20N6/c1-14(2,3)20-13-11(15)12(18-9-19-13)17-8-10-5-4-6-16-7-10/h4-7,9H,8,15H2,1-3H3,(H2,17,18,19,20). The van der Waals surface area contributed by atoms with Gasteiger partial charge in [0.25, 0.3) is 0 Å². The normalized spacial score (nSPS) is 11.2. The summed E-state index contributed by atoms with van der Waals surface area (Å²) in [4.78, 5) is 12.4. The van der Waals surface area contributed by atoms with Crippen LogP contribution in [0.25, 0.3) is 0 Å². The third-order valence-corrected chi connectivity index (χ3v) is 2.56. The van der Waals surface area contributed by atoms with Crippen molar-refractivity contribution in [1.29, 1.82) is 0 Å². The molecule has 2 heterocycles. The number of nitrogens with two attached hydrogens (primary N) is 1. The zero-order valence-electron chi connectivity index (χ0n) is 12.0. The number of nitrogens with one attached hydrogen (secondary N) is 2. The molecule has 0 aliphatic rings. The van der Waals surface area contributed by atoms with Crippen LogP contribution in [0.2, 0.25) is 0 Å². The topological polar surface area (TPSA) is 88.8 Å². The van der Waals surface area contributed by atoms with E-state index in [1.807, 2.05) is 12.1 Å². The average Bonchev–Trinajstić information content (AvgIpc) is 2.39. The van der Waals surface area contributed by atoms with Gasteiger partial charge in [-0.2, -0.15) is 0 Å². The van der Waals surface area contributed by atoms with Gasteiger partial charge in [-0.3, -0.25) is 4.98 Å². The summed E-state index contributed by atoms with van der Waals surface area (Å²) in [6, 6.07) is 3.89. The molecule has 0 bridgehead atoms. The van der Waals surface area contributed by atoms with Gasteiger partial charge in [-0.1, -0.05) is 6.07 Å². The van der Waals surface area contributed by atoms with Crippen LogP contribution in [0.5, 0.6) is 0 Å². The lowest BCUT2D eigenvalue weighted by atomic mass is 10.1. The molecule has 0 radical (unpaired) electrons. The molecule has 2 rings (SSSR count). The highest BCUT2D eigenvalue weighted by molar-refractivity contribution is 5.74. The van der Waals surface area contributed by atoms with Crippen LogP contribution in [0, 0.1) is 0 Å². The second-order valence-electron chi connectivity index (χ2n) is 5.57. The monoisotopic (exact) mass is 272 g/mol. The smallest absolute Gasteiger partial charge is 0.155 e. The fourth-order valence-corrected chi connectivity index (χ4v) is 1.68. The Morgan fingerprint density at radius 3 is 2.60 bits per heavy atom. The lowest BCUT2D eigenvalue weighted by Crippen LogP contribution is -2.27. The maximum atomic E-state index is 6.09. The molecular weight excluding hydrogens is 252 g/mol. The van der Waals surface area contributed by atoms with Crippen LogP contribution in [0.4, 0.5) is 17.3 Å².